The van der Waals surface area contributed by atoms with Gasteiger partial charge in [-0.05, 0) is 30.9 Å². The Morgan fingerprint density at radius 3 is 2.76 bits per heavy atom. The number of rotatable bonds is 5. The van der Waals surface area contributed by atoms with Crippen LogP contribution in [-0.2, 0) is 0 Å². The zero-order chi connectivity index (χ0) is 12.8. The minimum absolute atomic E-state index is 0.0749. The summed E-state index contributed by atoms with van der Waals surface area (Å²) in [4.78, 5) is 12.0. The molecule has 1 aromatic rings. The van der Waals surface area contributed by atoms with Crippen LogP contribution in [0.5, 0.6) is 0 Å². The fourth-order valence-electron chi connectivity index (χ4n) is 1.42. The molecule has 0 aliphatic heterocycles. The van der Waals surface area contributed by atoms with Gasteiger partial charge >= 0.3 is 0 Å². The Morgan fingerprint density at radius 1 is 1.53 bits per heavy atom. The second kappa shape index (κ2) is 7.29. The first-order valence-electron chi connectivity index (χ1n) is 5.32. The van der Waals surface area contributed by atoms with Crippen molar-refractivity contribution in [2.24, 2.45) is 0 Å². The highest BCUT2D eigenvalue weighted by Crippen LogP contribution is 2.19. The van der Waals surface area contributed by atoms with Crippen LogP contribution in [0.25, 0.3) is 0 Å². The van der Waals surface area contributed by atoms with Crippen molar-refractivity contribution in [2.75, 3.05) is 12.0 Å². The zero-order valence-electron chi connectivity index (χ0n) is 9.80. The SMILES string of the molecule is CCC(CSC)NC(=O)c1cc(Cl)cc(Br)c1. The van der Waals surface area contributed by atoms with Gasteiger partial charge in [0.05, 0.1) is 0 Å². The number of hydrogen-bond acceptors (Lipinski definition) is 2. The van der Waals surface area contributed by atoms with E-state index >= 15 is 0 Å². The average molecular weight is 337 g/mol. The molecule has 0 fully saturated rings. The van der Waals surface area contributed by atoms with Crippen molar-refractivity contribution >= 4 is 45.2 Å². The van der Waals surface area contributed by atoms with Crippen LogP contribution in [0.3, 0.4) is 0 Å². The first-order valence-corrected chi connectivity index (χ1v) is 7.89. The number of nitrogens with one attached hydrogen (secondary N) is 1. The summed E-state index contributed by atoms with van der Waals surface area (Å²) in [6.07, 6.45) is 2.96. The summed E-state index contributed by atoms with van der Waals surface area (Å²) in [5.41, 5.74) is 0.587. The van der Waals surface area contributed by atoms with Crippen LogP contribution in [0, 0.1) is 0 Å². The fraction of sp³-hybridized carbons (Fsp3) is 0.417. The van der Waals surface area contributed by atoms with Crippen LogP contribution in [0.15, 0.2) is 22.7 Å². The number of amides is 1. The van der Waals surface area contributed by atoms with Crippen molar-refractivity contribution in [1.29, 1.82) is 0 Å². The predicted octanol–water partition coefficient (Wildman–Crippen LogP) is 3.97. The normalized spacial score (nSPS) is 12.2. The van der Waals surface area contributed by atoms with E-state index < -0.39 is 0 Å². The Labute approximate surface area is 120 Å². The van der Waals surface area contributed by atoms with Crippen molar-refractivity contribution in [3.05, 3.63) is 33.3 Å². The second-order valence-corrected chi connectivity index (χ2v) is 5.95. The second-order valence-electron chi connectivity index (χ2n) is 3.69. The molecule has 1 atom stereocenters. The van der Waals surface area contributed by atoms with Gasteiger partial charge < -0.3 is 5.32 Å². The van der Waals surface area contributed by atoms with E-state index in [9.17, 15) is 4.79 Å². The summed E-state index contributed by atoms with van der Waals surface area (Å²) in [5.74, 6) is 0.846. The lowest BCUT2D eigenvalue weighted by Crippen LogP contribution is -2.36. The van der Waals surface area contributed by atoms with Gasteiger partial charge in [0.1, 0.15) is 0 Å². The quantitative estimate of drug-likeness (QED) is 0.881. The van der Waals surface area contributed by atoms with Crippen LogP contribution in [0.1, 0.15) is 23.7 Å². The Morgan fingerprint density at radius 2 is 2.24 bits per heavy atom. The van der Waals surface area contributed by atoms with E-state index in [1.165, 1.54) is 0 Å². The molecule has 94 valence electrons. The van der Waals surface area contributed by atoms with Gasteiger partial charge in [0.2, 0.25) is 0 Å². The molecule has 1 N–H and O–H groups in total. The van der Waals surface area contributed by atoms with Gasteiger partial charge in [-0.2, -0.15) is 11.8 Å². The van der Waals surface area contributed by atoms with E-state index in [1.54, 1.807) is 30.0 Å². The van der Waals surface area contributed by atoms with E-state index in [0.29, 0.717) is 10.6 Å². The first-order chi connectivity index (χ1) is 8.06. The van der Waals surface area contributed by atoms with Crippen LogP contribution in [0.2, 0.25) is 5.02 Å². The van der Waals surface area contributed by atoms with E-state index in [0.717, 1.165) is 16.6 Å². The number of thioether (sulfide) groups is 1. The average Bonchev–Trinajstić information content (AvgIpc) is 2.27. The third kappa shape index (κ3) is 4.90. The van der Waals surface area contributed by atoms with Gasteiger partial charge in [0.25, 0.3) is 5.91 Å². The Hall–Kier alpha value is -0.190. The molecule has 0 aliphatic rings. The molecular weight excluding hydrogens is 322 g/mol. The molecule has 0 bridgehead atoms. The predicted molar refractivity (Wildman–Crippen MR) is 79.1 cm³/mol. The molecule has 0 saturated carbocycles. The Kier molecular flexibility index (Phi) is 6.38. The largest absolute Gasteiger partial charge is 0.348 e. The van der Waals surface area contributed by atoms with Crippen molar-refractivity contribution in [2.45, 2.75) is 19.4 Å². The van der Waals surface area contributed by atoms with Crippen LogP contribution < -0.4 is 5.32 Å². The van der Waals surface area contributed by atoms with Crippen LogP contribution in [0.4, 0.5) is 0 Å². The summed E-state index contributed by atoms with van der Waals surface area (Å²) >= 11 is 11.0. The molecule has 1 unspecified atom stereocenters. The van der Waals surface area contributed by atoms with Crippen molar-refractivity contribution < 1.29 is 4.79 Å². The molecule has 1 rings (SSSR count). The van der Waals surface area contributed by atoms with Gasteiger partial charge in [0.15, 0.2) is 0 Å². The third-order valence-electron chi connectivity index (χ3n) is 2.32. The van der Waals surface area contributed by atoms with Crippen molar-refractivity contribution in [3.8, 4) is 0 Å². The highest BCUT2D eigenvalue weighted by molar-refractivity contribution is 9.10. The Bertz CT molecular complexity index is 380. The number of carbonyl (C=O) groups excluding carboxylic acids is 1. The standard InChI is InChI=1S/C12H15BrClNOS/c1-3-11(7-17-2)15-12(16)8-4-9(13)6-10(14)5-8/h4-6,11H,3,7H2,1-2H3,(H,15,16). The lowest BCUT2D eigenvalue weighted by atomic mass is 10.2. The van der Waals surface area contributed by atoms with Crippen LogP contribution in [-0.4, -0.2) is 24.0 Å². The maximum Gasteiger partial charge on any atom is 0.251 e. The summed E-state index contributed by atoms with van der Waals surface area (Å²) in [7, 11) is 0. The summed E-state index contributed by atoms with van der Waals surface area (Å²) in [6, 6.07) is 5.41. The van der Waals surface area contributed by atoms with Crippen molar-refractivity contribution in [3.63, 3.8) is 0 Å². The smallest absolute Gasteiger partial charge is 0.251 e. The van der Waals surface area contributed by atoms with E-state index in [2.05, 4.69) is 28.2 Å². The van der Waals surface area contributed by atoms with Gasteiger partial charge in [0, 0.05) is 26.9 Å². The number of benzene rings is 1. The highest BCUT2D eigenvalue weighted by Gasteiger charge is 2.12. The molecule has 0 aromatic heterocycles. The molecule has 0 saturated heterocycles. The zero-order valence-corrected chi connectivity index (χ0v) is 13.0. The summed E-state index contributed by atoms with van der Waals surface area (Å²) < 4.78 is 0.813. The highest BCUT2D eigenvalue weighted by atomic mass is 79.9. The van der Waals surface area contributed by atoms with Gasteiger partial charge in [-0.3, -0.25) is 4.79 Å². The molecule has 2 nitrogen and oxygen atoms in total. The van der Waals surface area contributed by atoms with E-state index in [1.807, 2.05) is 6.26 Å². The molecule has 0 radical (unpaired) electrons. The molecule has 5 heteroatoms. The van der Waals surface area contributed by atoms with E-state index in [4.69, 9.17) is 11.6 Å². The van der Waals surface area contributed by atoms with Crippen LogP contribution >= 0.6 is 39.3 Å². The number of halogens is 2. The topological polar surface area (TPSA) is 29.1 Å². The molecule has 1 amide bonds. The summed E-state index contributed by atoms with van der Waals surface area (Å²) in [6.45, 7) is 2.06. The minimum atomic E-state index is -0.0749. The van der Waals surface area contributed by atoms with Crippen molar-refractivity contribution in [1.82, 2.24) is 5.32 Å². The molecule has 17 heavy (non-hydrogen) atoms. The van der Waals surface area contributed by atoms with Gasteiger partial charge in [-0.25, -0.2) is 0 Å². The summed E-state index contributed by atoms with van der Waals surface area (Å²) in [5, 5.41) is 3.56. The molecule has 0 heterocycles. The first kappa shape index (κ1) is 14.9. The lowest BCUT2D eigenvalue weighted by molar-refractivity contribution is 0.0940. The van der Waals surface area contributed by atoms with Gasteiger partial charge in [-0.1, -0.05) is 34.5 Å². The lowest BCUT2D eigenvalue weighted by Gasteiger charge is -2.15. The third-order valence-corrected chi connectivity index (χ3v) is 3.73. The molecular formula is C12H15BrClNOS. The van der Waals surface area contributed by atoms with E-state index in [-0.39, 0.29) is 11.9 Å². The Balaban J connectivity index is 2.75. The minimum Gasteiger partial charge on any atom is -0.348 e. The fourth-order valence-corrected chi connectivity index (χ4v) is 3.00. The monoisotopic (exact) mass is 335 g/mol. The maximum atomic E-state index is 12.0. The van der Waals surface area contributed by atoms with Gasteiger partial charge in [-0.15, -0.1) is 0 Å². The number of carbonyl (C=O) groups is 1. The maximum absolute atomic E-state index is 12.0. The molecule has 0 aliphatic carbocycles. The molecule has 0 spiro atoms. The molecule has 1 aromatic carbocycles. The number of hydrogen-bond donors (Lipinski definition) is 1.